The maximum atomic E-state index is 11.4. The number of para-hydroxylation sites is 2. The van der Waals surface area contributed by atoms with Gasteiger partial charge in [-0.3, -0.25) is 4.79 Å². The summed E-state index contributed by atoms with van der Waals surface area (Å²) in [6.07, 6.45) is 2.79. The van der Waals surface area contributed by atoms with E-state index in [2.05, 4.69) is 38.1 Å². The van der Waals surface area contributed by atoms with Crippen LogP contribution < -0.4 is 15.5 Å². The molecule has 0 spiro atoms. The van der Waals surface area contributed by atoms with E-state index in [0.717, 1.165) is 48.9 Å². The molecule has 1 aromatic heterocycles. The number of carbonyl (C=O) groups is 1. The molecule has 30 heavy (non-hydrogen) atoms. The molecule has 0 saturated carbocycles. The van der Waals surface area contributed by atoms with Crippen LogP contribution in [-0.2, 0) is 9.53 Å². The Balaban J connectivity index is 1.53. The van der Waals surface area contributed by atoms with Crippen molar-refractivity contribution in [3.05, 3.63) is 73.6 Å². The lowest BCUT2D eigenvalue weighted by atomic mass is 10.1. The fourth-order valence-corrected chi connectivity index (χ4v) is 3.30. The van der Waals surface area contributed by atoms with Crippen molar-refractivity contribution in [2.75, 3.05) is 41.8 Å². The van der Waals surface area contributed by atoms with Gasteiger partial charge in [0.05, 0.1) is 30.3 Å². The third-order valence-electron chi connectivity index (χ3n) is 4.82. The van der Waals surface area contributed by atoms with Crippen LogP contribution in [0.25, 0.3) is 11.3 Å². The van der Waals surface area contributed by atoms with Crippen LogP contribution in [0.15, 0.2) is 73.6 Å². The number of hydrogen-bond donors (Lipinski definition) is 2. The van der Waals surface area contributed by atoms with Gasteiger partial charge in [0.1, 0.15) is 12.1 Å². The maximum Gasteiger partial charge on any atom is 0.247 e. The molecule has 2 aromatic carbocycles. The molecule has 0 atom stereocenters. The molecule has 0 unspecified atom stereocenters. The summed E-state index contributed by atoms with van der Waals surface area (Å²) in [6, 6.07) is 17.6. The zero-order chi connectivity index (χ0) is 20.8. The van der Waals surface area contributed by atoms with Crippen LogP contribution >= 0.6 is 0 Å². The molecule has 0 aliphatic carbocycles. The number of benzene rings is 2. The van der Waals surface area contributed by atoms with Crippen LogP contribution in [0.3, 0.4) is 0 Å². The van der Waals surface area contributed by atoms with Crippen molar-refractivity contribution in [3.63, 3.8) is 0 Å². The number of rotatable bonds is 6. The zero-order valence-corrected chi connectivity index (χ0v) is 16.5. The summed E-state index contributed by atoms with van der Waals surface area (Å²) < 4.78 is 5.47. The molecule has 3 aromatic rings. The molecule has 4 rings (SSSR count). The van der Waals surface area contributed by atoms with Crippen LogP contribution in [0, 0.1) is 0 Å². The Labute approximate surface area is 175 Å². The number of ether oxygens (including phenoxy) is 1. The second kappa shape index (κ2) is 9.19. The lowest BCUT2D eigenvalue weighted by molar-refractivity contribution is -0.111. The number of nitrogens with zero attached hydrogens (tertiary/aromatic N) is 3. The van der Waals surface area contributed by atoms with Gasteiger partial charge in [-0.2, -0.15) is 0 Å². The molecular weight excluding hydrogens is 378 g/mol. The minimum Gasteiger partial charge on any atom is -0.378 e. The number of nitrogens with one attached hydrogen (secondary N) is 2. The van der Waals surface area contributed by atoms with Gasteiger partial charge in [-0.05, 0) is 30.3 Å². The minimum atomic E-state index is -0.241. The smallest absolute Gasteiger partial charge is 0.247 e. The summed E-state index contributed by atoms with van der Waals surface area (Å²) in [5.41, 5.74) is 4.54. The second-order valence-electron chi connectivity index (χ2n) is 6.80. The van der Waals surface area contributed by atoms with E-state index in [-0.39, 0.29) is 5.91 Å². The van der Waals surface area contributed by atoms with E-state index >= 15 is 0 Å². The number of hydrogen-bond acceptors (Lipinski definition) is 6. The molecule has 7 nitrogen and oxygen atoms in total. The molecule has 1 amide bonds. The number of carbonyl (C=O) groups excluding carboxylic acids is 1. The molecule has 0 bridgehead atoms. The van der Waals surface area contributed by atoms with Crippen LogP contribution in [0.2, 0.25) is 0 Å². The normalized spacial score (nSPS) is 13.5. The molecule has 2 N–H and O–H groups in total. The Morgan fingerprint density at radius 2 is 1.83 bits per heavy atom. The Bertz CT molecular complexity index is 1030. The van der Waals surface area contributed by atoms with Crippen LogP contribution in [0.5, 0.6) is 0 Å². The van der Waals surface area contributed by atoms with Gasteiger partial charge in [0.2, 0.25) is 5.91 Å². The number of amides is 1. The van der Waals surface area contributed by atoms with E-state index in [9.17, 15) is 4.79 Å². The largest absolute Gasteiger partial charge is 0.378 e. The topological polar surface area (TPSA) is 79.4 Å². The molecule has 0 radical (unpaired) electrons. The molecule has 1 aliphatic heterocycles. The summed E-state index contributed by atoms with van der Waals surface area (Å²) >= 11 is 0. The quantitative estimate of drug-likeness (QED) is 0.611. The van der Waals surface area contributed by atoms with E-state index in [0.29, 0.717) is 11.5 Å². The van der Waals surface area contributed by atoms with E-state index < -0.39 is 0 Å². The van der Waals surface area contributed by atoms with Gasteiger partial charge in [-0.25, -0.2) is 9.97 Å². The molecule has 2 heterocycles. The van der Waals surface area contributed by atoms with Crippen LogP contribution in [-0.4, -0.2) is 42.2 Å². The molecular formula is C23H23N5O2. The lowest BCUT2D eigenvalue weighted by Crippen LogP contribution is -2.36. The highest BCUT2D eigenvalue weighted by molar-refractivity contribution is 5.99. The molecule has 152 valence electrons. The highest BCUT2D eigenvalue weighted by Gasteiger charge is 2.15. The number of morpholine rings is 1. The Kier molecular flexibility index (Phi) is 6.01. The summed E-state index contributed by atoms with van der Waals surface area (Å²) in [6.45, 7) is 6.65. The summed E-state index contributed by atoms with van der Waals surface area (Å²) in [4.78, 5) is 22.5. The second-order valence-corrected chi connectivity index (χ2v) is 6.80. The predicted octanol–water partition coefficient (Wildman–Crippen LogP) is 3.85. The maximum absolute atomic E-state index is 11.4. The van der Waals surface area contributed by atoms with Gasteiger partial charge in [-0.1, -0.05) is 30.8 Å². The summed E-state index contributed by atoms with van der Waals surface area (Å²) in [7, 11) is 0. The van der Waals surface area contributed by atoms with E-state index in [1.165, 1.54) is 6.08 Å². The van der Waals surface area contributed by atoms with Crippen molar-refractivity contribution in [3.8, 4) is 11.3 Å². The SMILES string of the molecule is C=CC(=O)Nc1ccc(-c2cc(Nc3ccccc3N3CCOCC3)ncn2)cc1. The predicted molar refractivity (Wildman–Crippen MR) is 119 cm³/mol. The fourth-order valence-electron chi connectivity index (χ4n) is 3.30. The first-order chi connectivity index (χ1) is 14.7. The lowest BCUT2D eigenvalue weighted by Gasteiger charge is -2.30. The monoisotopic (exact) mass is 401 g/mol. The summed E-state index contributed by atoms with van der Waals surface area (Å²) in [5, 5.41) is 6.16. The first-order valence-electron chi connectivity index (χ1n) is 9.77. The first kappa shape index (κ1) is 19.6. The Hall–Kier alpha value is -3.71. The van der Waals surface area contributed by atoms with E-state index in [1.54, 1.807) is 6.33 Å². The standard InChI is InChI=1S/C23H23N5O2/c1-2-23(29)26-18-9-7-17(8-10-18)20-15-22(25-16-24-20)27-19-5-3-4-6-21(19)28-11-13-30-14-12-28/h2-10,15-16H,1,11-14H2,(H,26,29)(H,24,25,27). The molecule has 7 heteroatoms. The minimum absolute atomic E-state index is 0.241. The molecule has 1 fully saturated rings. The first-order valence-corrected chi connectivity index (χ1v) is 9.77. The van der Waals surface area contributed by atoms with Gasteiger partial charge in [0.15, 0.2) is 0 Å². The number of anilines is 4. The van der Waals surface area contributed by atoms with Crippen molar-refractivity contribution in [2.45, 2.75) is 0 Å². The highest BCUT2D eigenvalue weighted by Crippen LogP contribution is 2.29. The average Bonchev–Trinajstić information content (AvgIpc) is 2.80. The third kappa shape index (κ3) is 4.64. The third-order valence-corrected chi connectivity index (χ3v) is 4.82. The van der Waals surface area contributed by atoms with Crippen molar-refractivity contribution in [2.24, 2.45) is 0 Å². The van der Waals surface area contributed by atoms with Crippen LogP contribution in [0.4, 0.5) is 22.9 Å². The van der Waals surface area contributed by atoms with Crippen molar-refractivity contribution in [1.29, 1.82) is 0 Å². The van der Waals surface area contributed by atoms with Crippen molar-refractivity contribution in [1.82, 2.24) is 9.97 Å². The van der Waals surface area contributed by atoms with Gasteiger partial charge in [0, 0.05) is 30.4 Å². The zero-order valence-electron chi connectivity index (χ0n) is 16.5. The average molecular weight is 401 g/mol. The fraction of sp³-hybridized carbons (Fsp3) is 0.174. The Morgan fingerprint density at radius 1 is 1.07 bits per heavy atom. The highest BCUT2D eigenvalue weighted by atomic mass is 16.5. The van der Waals surface area contributed by atoms with Crippen molar-refractivity contribution >= 4 is 28.8 Å². The van der Waals surface area contributed by atoms with Gasteiger partial charge in [-0.15, -0.1) is 0 Å². The summed E-state index contributed by atoms with van der Waals surface area (Å²) in [5.74, 6) is 0.472. The van der Waals surface area contributed by atoms with E-state index in [1.807, 2.05) is 48.5 Å². The van der Waals surface area contributed by atoms with Gasteiger partial charge in [0.25, 0.3) is 0 Å². The number of aromatic nitrogens is 2. The Morgan fingerprint density at radius 3 is 2.60 bits per heavy atom. The van der Waals surface area contributed by atoms with Gasteiger partial charge < -0.3 is 20.3 Å². The molecule has 1 aliphatic rings. The van der Waals surface area contributed by atoms with Crippen LogP contribution in [0.1, 0.15) is 0 Å². The molecule has 1 saturated heterocycles. The van der Waals surface area contributed by atoms with Gasteiger partial charge >= 0.3 is 0 Å². The van der Waals surface area contributed by atoms with E-state index in [4.69, 9.17) is 4.74 Å². The van der Waals surface area contributed by atoms with Crippen molar-refractivity contribution < 1.29 is 9.53 Å².